The number of methoxy groups -OCH3 is 3. The Morgan fingerprint density at radius 2 is 1.76 bits per heavy atom. The fourth-order valence-electron chi connectivity index (χ4n) is 2.79. The van der Waals surface area contributed by atoms with E-state index in [0.717, 1.165) is 0 Å². The highest BCUT2D eigenvalue weighted by molar-refractivity contribution is 6.34. The van der Waals surface area contributed by atoms with Crippen molar-refractivity contribution in [2.45, 2.75) is 6.42 Å². The largest absolute Gasteiger partial charge is 0.493 e. The van der Waals surface area contributed by atoms with Gasteiger partial charge in [-0.05, 0) is 18.2 Å². The molecule has 0 amide bonds. The Labute approximate surface area is 171 Å². The molecular weight excluding hydrogens is 400 g/mol. The van der Waals surface area contributed by atoms with Gasteiger partial charge in [0.05, 0.1) is 50.3 Å². The van der Waals surface area contributed by atoms with Crippen molar-refractivity contribution in [1.82, 2.24) is 0 Å². The molecule has 1 aromatic heterocycles. The maximum absolute atomic E-state index is 12.6. The molecule has 0 spiro atoms. The van der Waals surface area contributed by atoms with Crippen molar-refractivity contribution in [3.63, 3.8) is 0 Å². The molecule has 0 radical (unpaired) electrons. The highest BCUT2D eigenvalue weighted by Crippen LogP contribution is 2.41. The second-order valence-electron chi connectivity index (χ2n) is 5.97. The number of carbonyl (C=O) groups excluding carboxylic acids is 1. The monoisotopic (exact) mass is 418 g/mol. The summed E-state index contributed by atoms with van der Waals surface area (Å²) in [4.78, 5) is 24.0. The average Bonchev–Trinajstić information content (AvgIpc) is 2.73. The second kappa shape index (κ2) is 8.87. The van der Waals surface area contributed by atoms with E-state index in [1.807, 2.05) is 0 Å². The number of halogens is 1. The molecule has 0 saturated carbocycles. The number of hydrogen-bond acceptors (Lipinski definition) is 7. The quantitative estimate of drug-likeness (QED) is 0.534. The van der Waals surface area contributed by atoms with Gasteiger partial charge < -0.3 is 23.4 Å². The number of ether oxygens (including phenoxy) is 4. The van der Waals surface area contributed by atoms with Crippen molar-refractivity contribution in [2.75, 3.05) is 27.9 Å². The Morgan fingerprint density at radius 3 is 2.45 bits per heavy atom. The zero-order valence-corrected chi connectivity index (χ0v) is 16.9. The zero-order chi connectivity index (χ0) is 21.0. The SMILES string of the molecule is COC(=O)CCOc1cc(OC)c(OC)cc1-c1cc(=O)c2cccc(Cl)c2o1. The molecule has 1 heterocycles. The summed E-state index contributed by atoms with van der Waals surface area (Å²) in [7, 11) is 4.29. The second-order valence-corrected chi connectivity index (χ2v) is 6.38. The average molecular weight is 419 g/mol. The maximum Gasteiger partial charge on any atom is 0.308 e. The molecule has 8 heteroatoms. The zero-order valence-electron chi connectivity index (χ0n) is 16.1. The predicted molar refractivity (Wildman–Crippen MR) is 108 cm³/mol. The van der Waals surface area contributed by atoms with Gasteiger partial charge in [-0.15, -0.1) is 0 Å². The summed E-state index contributed by atoms with van der Waals surface area (Å²) in [6, 6.07) is 9.54. The molecule has 0 fully saturated rings. The van der Waals surface area contributed by atoms with Crippen LogP contribution in [0.5, 0.6) is 17.2 Å². The van der Waals surface area contributed by atoms with Crippen LogP contribution in [0, 0.1) is 0 Å². The summed E-state index contributed by atoms with van der Waals surface area (Å²) < 4.78 is 27.0. The van der Waals surface area contributed by atoms with Crippen molar-refractivity contribution in [3.05, 3.63) is 51.6 Å². The van der Waals surface area contributed by atoms with E-state index in [9.17, 15) is 9.59 Å². The molecule has 7 nitrogen and oxygen atoms in total. The van der Waals surface area contributed by atoms with Gasteiger partial charge in [0.2, 0.25) is 0 Å². The fourth-order valence-corrected chi connectivity index (χ4v) is 3.01. The molecule has 0 aliphatic heterocycles. The van der Waals surface area contributed by atoms with Gasteiger partial charge in [0.1, 0.15) is 11.5 Å². The maximum atomic E-state index is 12.6. The third-order valence-electron chi connectivity index (χ3n) is 4.25. The van der Waals surface area contributed by atoms with Gasteiger partial charge in [-0.25, -0.2) is 0 Å². The molecule has 0 aliphatic rings. The van der Waals surface area contributed by atoms with E-state index in [4.69, 9.17) is 30.2 Å². The van der Waals surface area contributed by atoms with Crippen LogP contribution in [0.3, 0.4) is 0 Å². The molecule has 2 aromatic carbocycles. The van der Waals surface area contributed by atoms with Crippen LogP contribution in [0.2, 0.25) is 5.02 Å². The van der Waals surface area contributed by atoms with Crippen molar-refractivity contribution < 1.29 is 28.2 Å². The molecule has 0 unspecified atom stereocenters. The van der Waals surface area contributed by atoms with E-state index in [-0.39, 0.29) is 29.8 Å². The van der Waals surface area contributed by atoms with Crippen molar-refractivity contribution in [3.8, 4) is 28.6 Å². The van der Waals surface area contributed by atoms with Gasteiger partial charge in [-0.3, -0.25) is 9.59 Å². The number of rotatable bonds is 7. The van der Waals surface area contributed by atoms with Crippen molar-refractivity contribution in [2.24, 2.45) is 0 Å². The first-order valence-corrected chi connectivity index (χ1v) is 9.04. The molecule has 3 rings (SSSR count). The van der Waals surface area contributed by atoms with Gasteiger partial charge in [-0.1, -0.05) is 17.7 Å². The van der Waals surface area contributed by atoms with Gasteiger partial charge in [0.25, 0.3) is 0 Å². The van der Waals surface area contributed by atoms with E-state index < -0.39 is 5.97 Å². The molecule has 0 aliphatic carbocycles. The first-order valence-electron chi connectivity index (χ1n) is 8.67. The summed E-state index contributed by atoms with van der Waals surface area (Å²) in [6.45, 7) is 0.0632. The summed E-state index contributed by atoms with van der Waals surface area (Å²) in [5.41, 5.74) is 0.470. The van der Waals surface area contributed by atoms with Crippen LogP contribution in [-0.4, -0.2) is 33.9 Å². The number of esters is 1. The smallest absolute Gasteiger partial charge is 0.308 e. The topological polar surface area (TPSA) is 84.2 Å². The fraction of sp³-hybridized carbons (Fsp3) is 0.238. The lowest BCUT2D eigenvalue weighted by molar-refractivity contribution is -0.141. The first kappa shape index (κ1) is 20.5. The third-order valence-corrected chi connectivity index (χ3v) is 4.55. The Bertz CT molecular complexity index is 1100. The van der Waals surface area contributed by atoms with E-state index in [2.05, 4.69) is 4.74 Å². The summed E-state index contributed by atoms with van der Waals surface area (Å²) in [6.07, 6.45) is 0.0534. The van der Waals surface area contributed by atoms with Crippen LogP contribution in [-0.2, 0) is 9.53 Å². The standard InChI is InChI=1S/C21H19ClO7/c1-25-18-9-13(16(11-19(18)26-2)28-8-7-20(24)27-3)17-10-15(23)12-5-4-6-14(22)21(12)29-17/h4-6,9-11H,7-8H2,1-3H3. The molecule has 3 aromatic rings. The first-order chi connectivity index (χ1) is 14.0. The Balaban J connectivity index is 2.13. The molecular formula is C21H19ClO7. The number of hydrogen-bond donors (Lipinski definition) is 0. The highest BCUT2D eigenvalue weighted by Gasteiger charge is 2.18. The van der Waals surface area contributed by atoms with Crippen LogP contribution >= 0.6 is 11.6 Å². The van der Waals surface area contributed by atoms with Crippen LogP contribution < -0.4 is 19.6 Å². The number of para-hydroxylation sites is 1. The predicted octanol–water partition coefficient (Wildman–Crippen LogP) is 4.07. The van der Waals surface area contributed by atoms with Gasteiger partial charge in [0, 0.05) is 12.1 Å². The van der Waals surface area contributed by atoms with Crippen molar-refractivity contribution >= 4 is 28.5 Å². The van der Waals surface area contributed by atoms with Crippen LogP contribution in [0.4, 0.5) is 0 Å². The number of fused-ring (bicyclic) bond motifs is 1. The Kier molecular flexibility index (Phi) is 6.29. The minimum atomic E-state index is -0.406. The van der Waals surface area contributed by atoms with E-state index >= 15 is 0 Å². The van der Waals surface area contributed by atoms with E-state index in [1.165, 1.54) is 27.4 Å². The van der Waals surface area contributed by atoms with Crippen LogP contribution in [0.15, 0.2) is 45.6 Å². The van der Waals surface area contributed by atoms with E-state index in [0.29, 0.717) is 33.2 Å². The van der Waals surface area contributed by atoms with Gasteiger partial charge in [0.15, 0.2) is 22.5 Å². The molecule has 0 saturated heterocycles. The minimum Gasteiger partial charge on any atom is -0.493 e. The van der Waals surface area contributed by atoms with Gasteiger partial charge in [-0.2, -0.15) is 0 Å². The number of benzene rings is 2. The van der Waals surface area contributed by atoms with Crippen LogP contribution in [0.1, 0.15) is 6.42 Å². The third kappa shape index (κ3) is 4.30. The Morgan fingerprint density at radius 1 is 1.03 bits per heavy atom. The molecule has 152 valence electrons. The lowest BCUT2D eigenvalue weighted by Crippen LogP contribution is -2.08. The van der Waals surface area contributed by atoms with Gasteiger partial charge >= 0.3 is 5.97 Å². The van der Waals surface area contributed by atoms with E-state index in [1.54, 1.807) is 30.3 Å². The van der Waals surface area contributed by atoms with Crippen molar-refractivity contribution in [1.29, 1.82) is 0 Å². The summed E-state index contributed by atoms with van der Waals surface area (Å²) in [5, 5.41) is 0.685. The Hall–Kier alpha value is -3.19. The molecule has 29 heavy (non-hydrogen) atoms. The molecule has 0 N–H and O–H groups in total. The highest BCUT2D eigenvalue weighted by atomic mass is 35.5. The molecule has 0 bridgehead atoms. The summed E-state index contributed by atoms with van der Waals surface area (Å²) >= 11 is 6.21. The number of carbonyl (C=O) groups is 1. The molecule has 0 atom stereocenters. The lowest BCUT2D eigenvalue weighted by Gasteiger charge is -2.15. The normalized spacial score (nSPS) is 10.6. The minimum absolute atomic E-state index is 0.0534. The lowest BCUT2D eigenvalue weighted by atomic mass is 10.1. The summed E-state index contributed by atoms with van der Waals surface area (Å²) in [5.74, 6) is 1.02. The van der Waals surface area contributed by atoms with Crippen LogP contribution in [0.25, 0.3) is 22.3 Å².